The molecule has 0 spiro atoms. The van der Waals surface area contributed by atoms with Crippen LogP contribution in [-0.4, -0.2) is 5.97 Å². The lowest BCUT2D eigenvalue weighted by Crippen LogP contribution is -2.18. The molecule has 5 nitrogen and oxygen atoms in total. The summed E-state index contributed by atoms with van der Waals surface area (Å²) in [6.07, 6.45) is 1.72. The van der Waals surface area contributed by atoms with Crippen molar-refractivity contribution in [3.8, 4) is 11.8 Å². The molecule has 0 amide bonds. The third-order valence-corrected chi connectivity index (χ3v) is 4.79. The number of benzene rings is 3. The number of carbonyl (C=O) groups excluding carboxylic acids is 1. The number of esters is 1. The van der Waals surface area contributed by atoms with Crippen molar-refractivity contribution in [3.05, 3.63) is 111 Å². The Hall–Kier alpha value is -4.14. The number of ether oxygens (including phenoxy) is 1. The van der Waals surface area contributed by atoms with Crippen molar-refractivity contribution in [1.29, 1.82) is 5.26 Å². The summed E-state index contributed by atoms with van der Waals surface area (Å²) in [6.45, 7) is 0. The molecular formula is C25H14ClNO4. The fourth-order valence-electron chi connectivity index (χ4n) is 2.97. The number of rotatable bonds is 4. The van der Waals surface area contributed by atoms with Gasteiger partial charge in [-0.2, -0.15) is 5.26 Å². The molecule has 0 unspecified atom stereocenters. The molecule has 0 atom stereocenters. The number of nitrogens with zero attached hydrogens (tertiary/aromatic N) is 1. The van der Waals surface area contributed by atoms with Crippen LogP contribution < -0.4 is 10.4 Å². The largest absolute Gasteiger partial charge is 0.423 e. The molecule has 6 heteroatoms. The van der Waals surface area contributed by atoms with Gasteiger partial charge in [-0.3, -0.25) is 0 Å². The van der Waals surface area contributed by atoms with Gasteiger partial charge in [0, 0.05) is 10.4 Å². The number of allylic oxidation sites excluding steroid dienone is 1. The molecule has 150 valence electrons. The lowest BCUT2D eigenvalue weighted by molar-refractivity contribution is 0.0730. The Kier molecular flexibility index (Phi) is 5.65. The van der Waals surface area contributed by atoms with Gasteiger partial charge < -0.3 is 9.15 Å². The van der Waals surface area contributed by atoms with E-state index >= 15 is 0 Å². The molecule has 3 aromatic carbocycles. The summed E-state index contributed by atoms with van der Waals surface area (Å²) in [7, 11) is 0. The Bertz CT molecular complexity index is 1390. The molecule has 0 bridgehead atoms. The van der Waals surface area contributed by atoms with Gasteiger partial charge in [-0.05, 0) is 53.6 Å². The number of hydrogen-bond acceptors (Lipinski definition) is 5. The van der Waals surface area contributed by atoms with Crippen molar-refractivity contribution in [3.63, 3.8) is 0 Å². The van der Waals surface area contributed by atoms with Gasteiger partial charge in [0.2, 0.25) is 0 Å². The van der Waals surface area contributed by atoms with Crippen molar-refractivity contribution < 1.29 is 13.9 Å². The SMILES string of the molecule is N#C/C(=C/c1ccc(OC(=O)c2cc3ccccc3oc2=O)cc1)c1ccc(Cl)cc1. The quantitative estimate of drug-likeness (QED) is 0.136. The molecule has 31 heavy (non-hydrogen) atoms. The first-order chi connectivity index (χ1) is 15.0. The van der Waals surface area contributed by atoms with Crippen LogP contribution in [0.2, 0.25) is 5.02 Å². The average Bonchev–Trinajstić information content (AvgIpc) is 2.78. The second kappa shape index (κ2) is 8.70. The molecule has 4 rings (SSSR count). The maximum absolute atomic E-state index is 12.5. The average molecular weight is 428 g/mol. The van der Waals surface area contributed by atoms with Gasteiger partial charge in [-0.25, -0.2) is 9.59 Å². The monoisotopic (exact) mass is 427 g/mol. The van der Waals surface area contributed by atoms with E-state index in [2.05, 4.69) is 6.07 Å². The number of hydrogen-bond donors (Lipinski definition) is 0. The highest BCUT2D eigenvalue weighted by atomic mass is 35.5. The smallest absolute Gasteiger partial charge is 0.351 e. The van der Waals surface area contributed by atoms with E-state index in [-0.39, 0.29) is 11.3 Å². The molecule has 0 radical (unpaired) electrons. The van der Waals surface area contributed by atoms with Crippen molar-refractivity contribution in [1.82, 2.24) is 0 Å². The molecular weight excluding hydrogens is 414 g/mol. The van der Waals surface area contributed by atoms with E-state index in [0.29, 0.717) is 21.6 Å². The number of nitriles is 1. The summed E-state index contributed by atoms with van der Waals surface area (Å²) >= 11 is 5.89. The number of halogens is 1. The maximum atomic E-state index is 12.5. The minimum atomic E-state index is -0.804. The van der Waals surface area contributed by atoms with Crippen molar-refractivity contribution in [2.75, 3.05) is 0 Å². The van der Waals surface area contributed by atoms with Gasteiger partial charge in [0.15, 0.2) is 0 Å². The second-order valence-corrected chi connectivity index (χ2v) is 7.06. The lowest BCUT2D eigenvalue weighted by atomic mass is 10.0. The lowest BCUT2D eigenvalue weighted by Gasteiger charge is -2.05. The summed E-state index contributed by atoms with van der Waals surface area (Å²) in [5.74, 6) is -0.540. The van der Waals surface area contributed by atoms with E-state index in [1.54, 1.807) is 78.9 Å². The fraction of sp³-hybridized carbons (Fsp3) is 0. The van der Waals surface area contributed by atoms with Gasteiger partial charge in [0.25, 0.3) is 0 Å². The zero-order valence-corrected chi connectivity index (χ0v) is 16.8. The van der Waals surface area contributed by atoms with Gasteiger partial charge in [-0.1, -0.05) is 54.1 Å². The van der Waals surface area contributed by atoms with Crippen LogP contribution in [0, 0.1) is 11.3 Å². The number of carbonyl (C=O) groups is 1. The van der Waals surface area contributed by atoms with Crippen LogP contribution in [-0.2, 0) is 0 Å². The van der Waals surface area contributed by atoms with Gasteiger partial charge >= 0.3 is 11.6 Å². The van der Waals surface area contributed by atoms with Gasteiger partial charge in [0.05, 0.1) is 11.6 Å². The molecule has 1 heterocycles. The van der Waals surface area contributed by atoms with E-state index in [0.717, 1.165) is 11.1 Å². The zero-order valence-electron chi connectivity index (χ0n) is 16.0. The summed E-state index contributed by atoms with van der Waals surface area (Å²) in [6, 6.07) is 24.1. The Morgan fingerprint density at radius 2 is 1.71 bits per heavy atom. The third kappa shape index (κ3) is 4.55. The van der Waals surface area contributed by atoms with E-state index in [1.807, 2.05) is 0 Å². The predicted octanol–water partition coefficient (Wildman–Crippen LogP) is 5.73. The van der Waals surface area contributed by atoms with Crippen molar-refractivity contribution >= 4 is 40.2 Å². The molecule has 4 aromatic rings. The summed E-state index contributed by atoms with van der Waals surface area (Å²) < 4.78 is 10.5. The van der Waals surface area contributed by atoms with Gasteiger partial charge in [-0.15, -0.1) is 0 Å². The highest BCUT2D eigenvalue weighted by Crippen LogP contribution is 2.22. The molecule has 0 fully saturated rings. The van der Waals surface area contributed by atoms with Crippen LogP contribution in [0.5, 0.6) is 5.75 Å². The van der Waals surface area contributed by atoms with Crippen molar-refractivity contribution in [2.24, 2.45) is 0 Å². The van der Waals surface area contributed by atoms with E-state index in [1.165, 1.54) is 6.07 Å². The molecule has 0 saturated heterocycles. The van der Waals surface area contributed by atoms with Crippen LogP contribution in [0.15, 0.2) is 88.1 Å². The normalized spacial score (nSPS) is 11.2. The minimum Gasteiger partial charge on any atom is -0.423 e. The Labute approximate surface area is 182 Å². The zero-order chi connectivity index (χ0) is 21.8. The molecule has 0 aliphatic rings. The minimum absolute atomic E-state index is 0.183. The summed E-state index contributed by atoms with van der Waals surface area (Å²) in [4.78, 5) is 24.6. The standard InChI is InChI=1S/C25H14ClNO4/c26-20-9-7-17(8-10-20)19(15-27)13-16-5-11-21(12-6-16)30-24(28)22-14-18-3-1-2-4-23(18)31-25(22)29/h1-14H/b19-13-. The molecule has 0 aliphatic carbocycles. The van der Waals surface area contributed by atoms with E-state index < -0.39 is 11.6 Å². The second-order valence-electron chi connectivity index (χ2n) is 6.62. The molecule has 0 aliphatic heterocycles. The van der Waals surface area contributed by atoms with Crippen LogP contribution >= 0.6 is 11.6 Å². The highest BCUT2D eigenvalue weighted by Gasteiger charge is 2.16. The number of fused-ring (bicyclic) bond motifs is 1. The van der Waals surface area contributed by atoms with E-state index in [9.17, 15) is 14.9 Å². The van der Waals surface area contributed by atoms with Crippen LogP contribution in [0.25, 0.3) is 22.6 Å². The first kappa shape index (κ1) is 20.1. The Morgan fingerprint density at radius 3 is 2.42 bits per heavy atom. The molecule has 0 saturated carbocycles. The predicted molar refractivity (Wildman–Crippen MR) is 119 cm³/mol. The fourth-order valence-corrected chi connectivity index (χ4v) is 3.10. The topological polar surface area (TPSA) is 80.3 Å². The molecule has 0 N–H and O–H groups in total. The third-order valence-electron chi connectivity index (χ3n) is 4.54. The molecule has 1 aromatic heterocycles. The maximum Gasteiger partial charge on any atom is 0.351 e. The first-order valence-electron chi connectivity index (χ1n) is 9.26. The van der Waals surface area contributed by atoms with Crippen LogP contribution in [0.4, 0.5) is 0 Å². The van der Waals surface area contributed by atoms with Gasteiger partial charge in [0.1, 0.15) is 16.9 Å². The Morgan fingerprint density at radius 1 is 1.00 bits per heavy atom. The van der Waals surface area contributed by atoms with Crippen LogP contribution in [0.1, 0.15) is 21.5 Å². The summed E-state index contributed by atoms with van der Waals surface area (Å²) in [5.41, 5.74) is 1.41. The van der Waals surface area contributed by atoms with Crippen molar-refractivity contribution in [2.45, 2.75) is 0 Å². The Balaban J connectivity index is 1.54. The number of para-hydroxylation sites is 1. The summed E-state index contributed by atoms with van der Waals surface area (Å²) in [5, 5.41) is 10.7. The van der Waals surface area contributed by atoms with Crippen LogP contribution in [0.3, 0.4) is 0 Å². The highest BCUT2D eigenvalue weighted by molar-refractivity contribution is 6.30. The van der Waals surface area contributed by atoms with E-state index in [4.69, 9.17) is 20.8 Å². The first-order valence-corrected chi connectivity index (χ1v) is 9.64.